The van der Waals surface area contributed by atoms with Gasteiger partial charge in [0, 0.05) is 0 Å². The van der Waals surface area contributed by atoms with Crippen LogP contribution in [0.2, 0.25) is 0 Å². The lowest BCUT2D eigenvalue weighted by molar-refractivity contribution is -0.239. The van der Waals surface area contributed by atoms with Crippen molar-refractivity contribution >= 4 is 5.97 Å². The number of hydrogen-bond acceptors (Lipinski definition) is 6. The van der Waals surface area contributed by atoms with E-state index in [0.717, 1.165) is 22.3 Å². The van der Waals surface area contributed by atoms with E-state index in [-0.39, 0.29) is 13.2 Å². The molecule has 4 aromatic carbocycles. The molecule has 1 aliphatic rings. The van der Waals surface area contributed by atoms with Gasteiger partial charge in [0.15, 0.2) is 12.2 Å². The van der Waals surface area contributed by atoms with Crippen LogP contribution in [0.25, 0.3) is 0 Å². The molecule has 0 spiro atoms. The minimum Gasteiger partial charge on any atom is -0.455 e. The summed E-state index contributed by atoms with van der Waals surface area (Å²) in [5.41, 5.74) is 3.98. The standard InChI is InChI=1S/C34H34O6/c35-34-33(39-24-29-19-11-4-12-20-29)32(38-23-28-17-9-3-10-18-28)31(37-22-27-15-7-2-8-16-27)30(40-34)25-36-21-26-13-5-1-6-14-26/h1-20,30-33H,21-25H2/t30-,31?,32+,33-/m1/s1. The predicted octanol–water partition coefficient (Wildman–Crippen LogP) is 5.88. The number of rotatable bonds is 13. The van der Waals surface area contributed by atoms with Crippen LogP contribution in [0, 0.1) is 0 Å². The molecular weight excluding hydrogens is 504 g/mol. The lowest BCUT2D eigenvalue weighted by Crippen LogP contribution is -2.59. The van der Waals surface area contributed by atoms with Gasteiger partial charge in [-0.25, -0.2) is 4.79 Å². The molecule has 4 aromatic rings. The first-order valence-electron chi connectivity index (χ1n) is 13.5. The van der Waals surface area contributed by atoms with Crippen molar-refractivity contribution in [3.05, 3.63) is 144 Å². The molecule has 206 valence electrons. The van der Waals surface area contributed by atoms with Gasteiger partial charge in [0.05, 0.1) is 33.0 Å². The average molecular weight is 539 g/mol. The van der Waals surface area contributed by atoms with Crippen molar-refractivity contribution in [3.8, 4) is 0 Å². The van der Waals surface area contributed by atoms with Crippen LogP contribution >= 0.6 is 0 Å². The zero-order valence-corrected chi connectivity index (χ0v) is 22.3. The molecule has 5 rings (SSSR count). The van der Waals surface area contributed by atoms with Crippen LogP contribution in [0.5, 0.6) is 0 Å². The number of hydrogen-bond donors (Lipinski definition) is 0. The quantitative estimate of drug-likeness (QED) is 0.198. The summed E-state index contributed by atoms with van der Waals surface area (Å²) in [6.45, 7) is 1.43. The van der Waals surface area contributed by atoms with E-state index < -0.39 is 30.4 Å². The summed E-state index contributed by atoms with van der Waals surface area (Å²) < 4.78 is 31.0. The molecule has 0 aromatic heterocycles. The van der Waals surface area contributed by atoms with E-state index >= 15 is 0 Å². The second kappa shape index (κ2) is 14.5. The van der Waals surface area contributed by atoms with E-state index in [2.05, 4.69) is 0 Å². The zero-order valence-electron chi connectivity index (χ0n) is 22.3. The van der Waals surface area contributed by atoms with Crippen molar-refractivity contribution in [3.63, 3.8) is 0 Å². The topological polar surface area (TPSA) is 63.2 Å². The Kier molecular flexibility index (Phi) is 10.1. The molecule has 6 heteroatoms. The Labute approximate surface area is 235 Å². The number of ether oxygens (including phenoxy) is 5. The normalized spacial score (nSPS) is 20.6. The molecule has 4 atom stereocenters. The van der Waals surface area contributed by atoms with Crippen molar-refractivity contribution in [2.45, 2.75) is 50.8 Å². The first kappa shape index (κ1) is 27.7. The highest BCUT2D eigenvalue weighted by Gasteiger charge is 2.48. The van der Waals surface area contributed by atoms with E-state index in [0.29, 0.717) is 19.8 Å². The van der Waals surface area contributed by atoms with Crippen LogP contribution in [-0.2, 0) is 54.9 Å². The molecule has 0 radical (unpaired) electrons. The molecule has 0 amide bonds. The summed E-state index contributed by atoms with van der Waals surface area (Å²) in [5.74, 6) is -0.484. The van der Waals surface area contributed by atoms with Gasteiger partial charge in [0.1, 0.15) is 12.2 Å². The van der Waals surface area contributed by atoms with E-state index in [4.69, 9.17) is 23.7 Å². The summed E-state index contributed by atoms with van der Waals surface area (Å²) in [5, 5.41) is 0. The molecule has 40 heavy (non-hydrogen) atoms. The van der Waals surface area contributed by atoms with Gasteiger partial charge in [0.2, 0.25) is 0 Å². The number of benzene rings is 4. The molecule has 1 unspecified atom stereocenters. The van der Waals surface area contributed by atoms with E-state index in [1.807, 2.05) is 121 Å². The fourth-order valence-electron chi connectivity index (χ4n) is 4.64. The lowest BCUT2D eigenvalue weighted by Gasteiger charge is -2.41. The lowest BCUT2D eigenvalue weighted by atomic mass is 9.98. The number of cyclic esters (lactones) is 1. The predicted molar refractivity (Wildman–Crippen MR) is 151 cm³/mol. The van der Waals surface area contributed by atoms with E-state index in [9.17, 15) is 4.79 Å². The second-order valence-corrected chi connectivity index (χ2v) is 9.72. The van der Waals surface area contributed by atoms with Crippen LogP contribution in [0.15, 0.2) is 121 Å². The van der Waals surface area contributed by atoms with Crippen molar-refractivity contribution in [2.75, 3.05) is 6.61 Å². The Morgan fingerprint density at radius 3 is 1.38 bits per heavy atom. The Morgan fingerprint density at radius 2 is 0.900 bits per heavy atom. The molecule has 1 saturated heterocycles. The van der Waals surface area contributed by atoms with Gasteiger partial charge < -0.3 is 23.7 Å². The van der Waals surface area contributed by atoms with Crippen LogP contribution in [0.1, 0.15) is 22.3 Å². The summed E-state index contributed by atoms with van der Waals surface area (Å²) in [6.07, 6.45) is -2.95. The molecule has 0 aliphatic carbocycles. The summed E-state index contributed by atoms with van der Waals surface area (Å²) in [4.78, 5) is 13.4. The fraction of sp³-hybridized carbons (Fsp3) is 0.265. The zero-order chi connectivity index (χ0) is 27.4. The van der Waals surface area contributed by atoms with Gasteiger partial charge >= 0.3 is 5.97 Å². The van der Waals surface area contributed by atoms with Crippen LogP contribution in [0.3, 0.4) is 0 Å². The molecule has 1 aliphatic heterocycles. The van der Waals surface area contributed by atoms with Gasteiger partial charge in [0.25, 0.3) is 0 Å². The highest BCUT2D eigenvalue weighted by Crippen LogP contribution is 2.28. The molecule has 1 heterocycles. The first-order valence-corrected chi connectivity index (χ1v) is 13.5. The van der Waals surface area contributed by atoms with Crippen LogP contribution in [0.4, 0.5) is 0 Å². The first-order chi connectivity index (χ1) is 19.8. The van der Waals surface area contributed by atoms with Crippen molar-refractivity contribution < 1.29 is 28.5 Å². The van der Waals surface area contributed by atoms with Gasteiger partial charge in [-0.2, -0.15) is 0 Å². The molecular formula is C34H34O6. The minimum absolute atomic E-state index is 0.163. The number of esters is 1. The van der Waals surface area contributed by atoms with Crippen molar-refractivity contribution in [1.29, 1.82) is 0 Å². The summed E-state index contributed by atoms with van der Waals surface area (Å²) in [7, 11) is 0. The summed E-state index contributed by atoms with van der Waals surface area (Å²) in [6, 6.07) is 39.4. The molecule has 0 saturated carbocycles. The number of carbonyl (C=O) groups is 1. The average Bonchev–Trinajstić information content (AvgIpc) is 3.01. The van der Waals surface area contributed by atoms with Crippen LogP contribution < -0.4 is 0 Å². The highest BCUT2D eigenvalue weighted by atomic mass is 16.6. The molecule has 0 bridgehead atoms. The maximum atomic E-state index is 13.4. The Hall–Kier alpha value is -3.81. The second-order valence-electron chi connectivity index (χ2n) is 9.72. The smallest absolute Gasteiger partial charge is 0.338 e. The van der Waals surface area contributed by atoms with Gasteiger partial charge in [-0.05, 0) is 22.3 Å². The SMILES string of the molecule is O=C1O[C@H](COCc2ccccc2)C(OCc2ccccc2)[C@H](OCc2ccccc2)[C@H]1OCc1ccccc1. The Morgan fingerprint density at radius 1 is 0.500 bits per heavy atom. The Bertz CT molecular complexity index is 1280. The third-order valence-electron chi connectivity index (χ3n) is 6.73. The molecule has 6 nitrogen and oxygen atoms in total. The number of carbonyl (C=O) groups excluding carboxylic acids is 1. The summed E-state index contributed by atoms with van der Waals surface area (Å²) >= 11 is 0. The monoisotopic (exact) mass is 538 g/mol. The fourth-order valence-corrected chi connectivity index (χ4v) is 4.64. The third kappa shape index (κ3) is 7.87. The maximum absolute atomic E-state index is 13.4. The Balaban J connectivity index is 1.36. The van der Waals surface area contributed by atoms with Gasteiger partial charge in [-0.1, -0.05) is 121 Å². The third-order valence-corrected chi connectivity index (χ3v) is 6.73. The van der Waals surface area contributed by atoms with E-state index in [1.165, 1.54) is 0 Å². The van der Waals surface area contributed by atoms with Gasteiger partial charge in [-0.3, -0.25) is 0 Å². The molecule has 0 N–H and O–H groups in total. The maximum Gasteiger partial charge on any atom is 0.338 e. The molecule has 1 fully saturated rings. The largest absolute Gasteiger partial charge is 0.455 e. The van der Waals surface area contributed by atoms with Crippen molar-refractivity contribution in [1.82, 2.24) is 0 Å². The van der Waals surface area contributed by atoms with Crippen LogP contribution in [-0.4, -0.2) is 37.0 Å². The van der Waals surface area contributed by atoms with E-state index in [1.54, 1.807) is 0 Å². The van der Waals surface area contributed by atoms with Crippen molar-refractivity contribution in [2.24, 2.45) is 0 Å². The highest BCUT2D eigenvalue weighted by molar-refractivity contribution is 5.77. The van der Waals surface area contributed by atoms with Gasteiger partial charge in [-0.15, -0.1) is 0 Å². The minimum atomic E-state index is -0.963.